The van der Waals surface area contributed by atoms with Crippen molar-refractivity contribution in [3.05, 3.63) is 24.5 Å². The molecule has 0 bridgehead atoms. The highest BCUT2D eigenvalue weighted by Crippen LogP contribution is 2.33. The molecule has 2 heterocycles. The van der Waals surface area contributed by atoms with E-state index in [0.717, 1.165) is 0 Å². The predicted octanol–water partition coefficient (Wildman–Crippen LogP) is 1.21. The molecule has 1 aromatic carbocycles. The Labute approximate surface area is 116 Å². The molecule has 3 rings (SSSR count). The van der Waals surface area contributed by atoms with Crippen LogP contribution in [0.25, 0.3) is 15.5 Å². The SMILES string of the molecule is NC(=S)Nc1ccc(-c2nn3cnnc3s2)c(O)c1. The fourth-order valence-electron chi connectivity index (χ4n) is 1.60. The third kappa shape index (κ3) is 2.20. The third-order valence-corrected chi connectivity index (χ3v) is 3.43. The summed E-state index contributed by atoms with van der Waals surface area (Å²) in [4.78, 5) is 0.666. The van der Waals surface area contributed by atoms with Gasteiger partial charge in [-0.3, -0.25) is 0 Å². The van der Waals surface area contributed by atoms with E-state index in [1.807, 2.05) is 0 Å². The molecule has 0 radical (unpaired) electrons. The number of anilines is 1. The molecule has 0 aliphatic carbocycles. The van der Waals surface area contributed by atoms with Crippen LogP contribution >= 0.6 is 23.6 Å². The smallest absolute Gasteiger partial charge is 0.234 e. The number of benzene rings is 1. The lowest BCUT2D eigenvalue weighted by Crippen LogP contribution is -2.18. The van der Waals surface area contributed by atoms with Crippen LogP contribution in [-0.4, -0.2) is 30.0 Å². The van der Waals surface area contributed by atoms with Crippen LogP contribution in [0.5, 0.6) is 5.75 Å². The van der Waals surface area contributed by atoms with Crippen molar-refractivity contribution in [1.82, 2.24) is 19.8 Å². The molecule has 0 fully saturated rings. The number of rotatable bonds is 2. The lowest BCUT2D eigenvalue weighted by Gasteiger charge is -2.06. The zero-order chi connectivity index (χ0) is 13.4. The van der Waals surface area contributed by atoms with Crippen molar-refractivity contribution in [3.8, 4) is 16.3 Å². The second kappa shape index (κ2) is 4.44. The number of hydrogen-bond acceptors (Lipinski definition) is 6. The number of fused-ring (bicyclic) bond motifs is 1. The van der Waals surface area contributed by atoms with Gasteiger partial charge in [-0.15, -0.1) is 10.2 Å². The van der Waals surface area contributed by atoms with Crippen molar-refractivity contribution in [2.45, 2.75) is 0 Å². The second-order valence-electron chi connectivity index (χ2n) is 3.69. The van der Waals surface area contributed by atoms with Crippen molar-refractivity contribution >= 4 is 39.3 Å². The molecule has 19 heavy (non-hydrogen) atoms. The number of aromatic hydroxyl groups is 1. The van der Waals surface area contributed by atoms with Crippen LogP contribution in [0.15, 0.2) is 24.5 Å². The maximum absolute atomic E-state index is 10.0. The van der Waals surface area contributed by atoms with Gasteiger partial charge in [-0.2, -0.15) is 9.61 Å². The summed E-state index contributed by atoms with van der Waals surface area (Å²) in [6.45, 7) is 0. The van der Waals surface area contributed by atoms with Gasteiger partial charge in [0.05, 0.1) is 5.56 Å². The molecular formula is C10H8N6OS2. The van der Waals surface area contributed by atoms with E-state index < -0.39 is 0 Å². The Morgan fingerprint density at radius 2 is 2.32 bits per heavy atom. The molecular weight excluding hydrogens is 284 g/mol. The van der Waals surface area contributed by atoms with Crippen LogP contribution in [0.4, 0.5) is 5.69 Å². The largest absolute Gasteiger partial charge is 0.507 e. The van der Waals surface area contributed by atoms with Gasteiger partial charge in [-0.1, -0.05) is 11.3 Å². The molecule has 9 heteroatoms. The van der Waals surface area contributed by atoms with Crippen LogP contribution in [0.1, 0.15) is 0 Å². The number of nitrogens with two attached hydrogens (primary N) is 1. The van der Waals surface area contributed by atoms with Gasteiger partial charge < -0.3 is 16.2 Å². The molecule has 3 aromatic rings. The first-order chi connectivity index (χ1) is 9.13. The number of nitrogens with zero attached hydrogens (tertiary/aromatic N) is 4. The average molecular weight is 292 g/mol. The maximum atomic E-state index is 10.0. The van der Waals surface area contributed by atoms with Gasteiger partial charge in [0.1, 0.15) is 12.1 Å². The minimum atomic E-state index is 0.0891. The summed E-state index contributed by atoms with van der Waals surface area (Å²) in [5.74, 6) is 0.0891. The van der Waals surface area contributed by atoms with Crippen molar-refractivity contribution in [1.29, 1.82) is 0 Å². The van der Waals surface area contributed by atoms with Crippen molar-refractivity contribution in [2.24, 2.45) is 5.73 Å². The van der Waals surface area contributed by atoms with E-state index in [2.05, 4.69) is 20.6 Å². The zero-order valence-corrected chi connectivity index (χ0v) is 11.1. The summed E-state index contributed by atoms with van der Waals surface area (Å²) in [6.07, 6.45) is 1.51. The van der Waals surface area contributed by atoms with Crippen LogP contribution in [-0.2, 0) is 0 Å². The Bertz CT molecular complexity index is 736. The fraction of sp³-hybridized carbons (Fsp3) is 0. The highest BCUT2D eigenvalue weighted by Gasteiger charge is 2.12. The van der Waals surface area contributed by atoms with Gasteiger partial charge in [0.15, 0.2) is 10.1 Å². The van der Waals surface area contributed by atoms with E-state index in [1.54, 1.807) is 16.6 Å². The molecule has 0 aliphatic heterocycles. The Morgan fingerprint density at radius 1 is 1.47 bits per heavy atom. The molecule has 0 saturated carbocycles. The normalized spacial score (nSPS) is 10.7. The summed E-state index contributed by atoms with van der Waals surface area (Å²) in [6, 6.07) is 5.04. The van der Waals surface area contributed by atoms with Gasteiger partial charge in [-0.05, 0) is 24.4 Å². The summed E-state index contributed by atoms with van der Waals surface area (Å²) in [5, 5.41) is 25.5. The first-order valence-electron chi connectivity index (χ1n) is 5.20. The zero-order valence-electron chi connectivity index (χ0n) is 9.44. The van der Waals surface area contributed by atoms with E-state index in [-0.39, 0.29) is 10.9 Å². The molecule has 0 unspecified atom stereocenters. The van der Waals surface area contributed by atoms with Gasteiger partial charge in [0, 0.05) is 11.8 Å². The summed E-state index contributed by atoms with van der Waals surface area (Å²) >= 11 is 6.07. The monoisotopic (exact) mass is 292 g/mol. The maximum Gasteiger partial charge on any atom is 0.234 e. The molecule has 4 N–H and O–H groups in total. The van der Waals surface area contributed by atoms with Gasteiger partial charge >= 0.3 is 0 Å². The molecule has 7 nitrogen and oxygen atoms in total. The number of thiocarbonyl (C=S) groups is 1. The summed E-state index contributed by atoms with van der Waals surface area (Å²) in [5.41, 5.74) is 6.61. The van der Waals surface area contributed by atoms with Crippen molar-refractivity contribution in [3.63, 3.8) is 0 Å². The third-order valence-electron chi connectivity index (χ3n) is 2.38. The Hall–Kier alpha value is -2.26. The highest BCUT2D eigenvalue weighted by atomic mass is 32.1. The minimum Gasteiger partial charge on any atom is -0.507 e. The van der Waals surface area contributed by atoms with Crippen molar-refractivity contribution < 1.29 is 5.11 Å². The van der Waals surface area contributed by atoms with Crippen LogP contribution in [0.2, 0.25) is 0 Å². The number of phenolic OH excluding ortho intramolecular Hbond substituents is 1. The van der Waals surface area contributed by atoms with Crippen LogP contribution in [0, 0.1) is 0 Å². The lowest BCUT2D eigenvalue weighted by atomic mass is 10.2. The van der Waals surface area contributed by atoms with Gasteiger partial charge in [0.25, 0.3) is 0 Å². The lowest BCUT2D eigenvalue weighted by molar-refractivity contribution is 0.477. The van der Waals surface area contributed by atoms with Crippen molar-refractivity contribution in [2.75, 3.05) is 5.32 Å². The van der Waals surface area contributed by atoms with Gasteiger partial charge in [0.2, 0.25) is 4.96 Å². The molecule has 2 aromatic heterocycles. The molecule has 0 amide bonds. The number of phenols is 1. The molecule has 0 aliphatic rings. The number of nitrogens with one attached hydrogen (secondary N) is 1. The minimum absolute atomic E-state index is 0.0891. The van der Waals surface area contributed by atoms with E-state index in [1.165, 1.54) is 23.7 Å². The average Bonchev–Trinajstić information content (AvgIpc) is 2.88. The number of aromatic nitrogens is 4. The Kier molecular flexibility index (Phi) is 2.76. The van der Waals surface area contributed by atoms with Crippen LogP contribution < -0.4 is 11.1 Å². The molecule has 96 valence electrons. The predicted molar refractivity (Wildman–Crippen MR) is 76.2 cm³/mol. The summed E-state index contributed by atoms with van der Waals surface area (Å²) < 4.78 is 1.56. The molecule has 0 atom stereocenters. The van der Waals surface area contributed by atoms with E-state index >= 15 is 0 Å². The highest BCUT2D eigenvalue weighted by molar-refractivity contribution is 7.80. The second-order valence-corrected chi connectivity index (χ2v) is 5.08. The fourth-order valence-corrected chi connectivity index (χ4v) is 2.57. The van der Waals surface area contributed by atoms with E-state index in [9.17, 15) is 5.11 Å². The first kappa shape index (κ1) is 11.8. The number of hydrogen-bond donors (Lipinski definition) is 3. The van der Waals surface area contributed by atoms with E-state index in [0.29, 0.717) is 21.2 Å². The Balaban J connectivity index is 2.00. The van der Waals surface area contributed by atoms with Crippen LogP contribution in [0.3, 0.4) is 0 Å². The molecule has 0 spiro atoms. The van der Waals surface area contributed by atoms with E-state index in [4.69, 9.17) is 18.0 Å². The summed E-state index contributed by atoms with van der Waals surface area (Å²) in [7, 11) is 0. The molecule has 0 saturated heterocycles. The topological polar surface area (TPSA) is 101 Å². The Morgan fingerprint density at radius 3 is 3.00 bits per heavy atom. The first-order valence-corrected chi connectivity index (χ1v) is 6.42. The quantitative estimate of drug-likeness (QED) is 0.610. The van der Waals surface area contributed by atoms with Gasteiger partial charge in [-0.25, -0.2) is 0 Å². The standard InChI is InChI=1S/C10H8N6OS2/c11-9(18)13-5-1-2-6(7(17)3-5)8-15-16-4-12-14-10(16)19-8/h1-4,17H,(H3,11,13,18).